The van der Waals surface area contributed by atoms with Gasteiger partial charge < -0.3 is 5.73 Å². The van der Waals surface area contributed by atoms with E-state index >= 15 is 0 Å². The molecule has 0 unspecified atom stereocenters. The molecule has 0 aromatic carbocycles. The topological polar surface area (TPSA) is 38.9 Å². The van der Waals surface area contributed by atoms with E-state index in [1.54, 1.807) is 6.20 Å². The zero-order valence-corrected chi connectivity index (χ0v) is 5.75. The average molecular weight is 134 g/mol. The van der Waals surface area contributed by atoms with Crippen LogP contribution in [0.2, 0.25) is 0 Å². The Morgan fingerprint density at radius 3 is 2.80 bits per heavy atom. The zero-order chi connectivity index (χ0) is 7.03. The molecule has 1 aliphatic carbocycles. The molecule has 52 valence electrons. The van der Waals surface area contributed by atoms with E-state index in [0.717, 1.165) is 12.8 Å². The van der Waals surface area contributed by atoms with Crippen LogP contribution in [0.1, 0.15) is 18.4 Å². The largest absolute Gasteiger partial charge is 0.321 e. The van der Waals surface area contributed by atoms with E-state index in [0.29, 0.717) is 0 Å². The predicted molar refractivity (Wildman–Crippen MR) is 39.3 cm³/mol. The highest BCUT2D eigenvalue weighted by Crippen LogP contribution is 2.41. The molecule has 1 fully saturated rings. The van der Waals surface area contributed by atoms with Crippen LogP contribution in [0.3, 0.4) is 0 Å². The molecule has 0 amide bonds. The zero-order valence-electron chi connectivity index (χ0n) is 5.75. The molecule has 0 radical (unpaired) electrons. The summed E-state index contributed by atoms with van der Waals surface area (Å²) in [7, 11) is 0. The quantitative estimate of drug-likeness (QED) is 0.623. The van der Waals surface area contributed by atoms with Gasteiger partial charge in [-0.3, -0.25) is 4.98 Å². The Morgan fingerprint density at radius 1 is 1.50 bits per heavy atom. The Balaban J connectivity index is 2.35. The summed E-state index contributed by atoms with van der Waals surface area (Å²) in [6.07, 6.45) is 5.85. The fraction of sp³-hybridized carbons (Fsp3) is 0.375. The molecular weight excluding hydrogens is 124 g/mol. The molecule has 1 aromatic rings. The van der Waals surface area contributed by atoms with E-state index in [1.807, 2.05) is 18.3 Å². The molecular formula is C8H10N2. The van der Waals surface area contributed by atoms with Crippen LogP contribution in [0, 0.1) is 0 Å². The summed E-state index contributed by atoms with van der Waals surface area (Å²) in [6, 6.07) is 3.97. The fourth-order valence-electron chi connectivity index (χ4n) is 1.08. The minimum atomic E-state index is -0.0196. The molecule has 10 heavy (non-hydrogen) atoms. The van der Waals surface area contributed by atoms with E-state index < -0.39 is 0 Å². The summed E-state index contributed by atoms with van der Waals surface area (Å²) in [5.41, 5.74) is 7.08. The van der Waals surface area contributed by atoms with Gasteiger partial charge in [-0.25, -0.2) is 0 Å². The lowest BCUT2D eigenvalue weighted by Gasteiger charge is -2.05. The monoisotopic (exact) mass is 134 g/mol. The van der Waals surface area contributed by atoms with Crippen LogP contribution < -0.4 is 5.73 Å². The first kappa shape index (κ1) is 5.86. The Kier molecular flexibility index (Phi) is 1.05. The van der Waals surface area contributed by atoms with Crippen molar-refractivity contribution in [1.29, 1.82) is 0 Å². The molecule has 0 bridgehead atoms. The maximum absolute atomic E-state index is 5.93. The van der Waals surface area contributed by atoms with Crippen molar-refractivity contribution >= 4 is 0 Å². The van der Waals surface area contributed by atoms with Crippen molar-refractivity contribution < 1.29 is 0 Å². The van der Waals surface area contributed by atoms with Crippen molar-refractivity contribution in [2.75, 3.05) is 0 Å². The molecule has 2 heteroatoms. The number of hydrogen-bond acceptors (Lipinski definition) is 2. The predicted octanol–water partition coefficient (Wildman–Crippen LogP) is 1.03. The highest BCUT2D eigenvalue weighted by molar-refractivity contribution is 5.25. The van der Waals surface area contributed by atoms with Gasteiger partial charge in [0.2, 0.25) is 0 Å². The third-order valence-electron chi connectivity index (χ3n) is 2.03. The third-order valence-corrected chi connectivity index (χ3v) is 2.03. The first-order valence-corrected chi connectivity index (χ1v) is 3.51. The van der Waals surface area contributed by atoms with Gasteiger partial charge in [0, 0.05) is 17.9 Å². The summed E-state index contributed by atoms with van der Waals surface area (Å²) in [4.78, 5) is 4.01. The summed E-state index contributed by atoms with van der Waals surface area (Å²) in [5.74, 6) is 0. The van der Waals surface area contributed by atoms with E-state index in [9.17, 15) is 0 Å². The Morgan fingerprint density at radius 2 is 2.30 bits per heavy atom. The maximum Gasteiger partial charge on any atom is 0.0426 e. The molecule has 1 heterocycles. The van der Waals surface area contributed by atoms with E-state index in [2.05, 4.69) is 4.98 Å². The van der Waals surface area contributed by atoms with Gasteiger partial charge in [-0.05, 0) is 24.5 Å². The first-order valence-electron chi connectivity index (χ1n) is 3.51. The minimum absolute atomic E-state index is 0.0196. The molecule has 1 saturated carbocycles. The Labute approximate surface area is 60.1 Å². The van der Waals surface area contributed by atoms with E-state index in [1.165, 1.54) is 5.56 Å². The molecule has 0 atom stereocenters. The highest BCUT2D eigenvalue weighted by atomic mass is 14.8. The summed E-state index contributed by atoms with van der Waals surface area (Å²) in [5, 5.41) is 0. The summed E-state index contributed by atoms with van der Waals surface area (Å²) < 4.78 is 0. The van der Waals surface area contributed by atoms with Crippen LogP contribution in [0.15, 0.2) is 24.5 Å². The first-order chi connectivity index (χ1) is 4.81. The van der Waals surface area contributed by atoms with Crippen molar-refractivity contribution in [2.45, 2.75) is 18.4 Å². The van der Waals surface area contributed by atoms with Crippen LogP contribution in [-0.4, -0.2) is 4.98 Å². The molecule has 0 aliphatic heterocycles. The summed E-state index contributed by atoms with van der Waals surface area (Å²) in [6.45, 7) is 0. The second-order valence-electron chi connectivity index (χ2n) is 2.90. The normalized spacial score (nSPS) is 20.5. The van der Waals surface area contributed by atoms with Crippen molar-refractivity contribution in [2.24, 2.45) is 5.73 Å². The van der Waals surface area contributed by atoms with Crippen molar-refractivity contribution in [3.05, 3.63) is 30.1 Å². The van der Waals surface area contributed by atoms with Gasteiger partial charge in [0.15, 0.2) is 0 Å². The number of rotatable bonds is 1. The van der Waals surface area contributed by atoms with E-state index in [-0.39, 0.29) is 5.54 Å². The number of aromatic nitrogens is 1. The minimum Gasteiger partial charge on any atom is -0.321 e. The molecule has 2 rings (SSSR count). The lowest BCUT2D eigenvalue weighted by molar-refractivity contribution is 0.735. The Hall–Kier alpha value is -0.890. The smallest absolute Gasteiger partial charge is 0.0426 e. The standard InChI is InChI=1S/C8H10N2/c9-8(3-4-8)7-2-1-5-10-6-7/h1-2,5-6H,3-4,9H2. The Bertz CT molecular complexity index is 226. The molecule has 2 N–H and O–H groups in total. The van der Waals surface area contributed by atoms with Crippen LogP contribution in [0.4, 0.5) is 0 Å². The van der Waals surface area contributed by atoms with Gasteiger partial charge in [-0.15, -0.1) is 0 Å². The van der Waals surface area contributed by atoms with Crippen molar-refractivity contribution in [1.82, 2.24) is 4.98 Å². The number of pyridine rings is 1. The molecule has 1 aliphatic rings. The van der Waals surface area contributed by atoms with Gasteiger partial charge in [-0.2, -0.15) is 0 Å². The lowest BCUT2D eigenvalue weighted by atomic mass is 10.1. The summed E-state index contributed by atoms with van der Waals surface area (Å²) >= 11 is 0. The molecule has 1 aromatic heterocycles. The van der Waals surface area contributed by atoms with Crippen LogP contribution in [-0.2, 0) is 5.54 Å². The third kappa shape index (κ3) is 0.809. The van der Waals surface area contributed by atoms with Gasteiger partial charge in [0.25, 0.3) is 0 Å². The van der Waals surface area contributed by atoms with Crippen molar-refractivity contribution in [3.63, 3.8) is 0 Å². The number of hydrogen-bond donors (Lipinski definition) is 1. The van der Waals surface area contributed by atoms with Crippen LogP contribution in [0.25, 0.3) is 0 Å². The van der Waals surface area contributed by atoms with Crippen LogP contribution >= 0.6 is 0 Å². The van der Waals surface area contributed by atoms with Crippen LogP contribution in [0.5, 0.6) is 0 Å². The second-order valence-corrected chi connectivity index (χ2v) is 2.90. The van der Waals surface area contributed by atoms with Crippen molar-refractivity contribution in [3.8, 4) is 0 Å². The van der Waals surface area contributed by atoms with E-state index in [4.69, 9.17) is 5.73 Å². The number of nitrogens with two attached hydrogens (primary N) is 1. The number of nitrogens with zero attached hydrogens (tertiary/aromatic N) is 1. The van der Waals surface area contributed by atoms with Gasteiger partial charge in [0.1, 0.15) is 0 Å². The van der Waals surface area contributed by atoms with Gasteiger partial charge in [0.05, 0.1) is 0 Å². The average Bonchev–Trinajstić information content (AvgIpc) is 2.72. The highest BCUT2D eigenvalue weighted by Gasteiger charge is 2.39. The molecule has 0 saturated heterocycles. The van der Waals surface area contributed by atoms with Gasteiger partial charge >= 0.3 is 0 Å². The molecule has 0 spiro atoms. The molecule has 2 nitrogen and oxygen atoms in total. The SMILES string of the molecule is NC1(c2cccnc2)CC1. The second kappa shape index (κ2) is 1.80. The fourth-order valence-corrected chi connectivity index (χ4v) is 1.08. The van der Waals surface area contributed by atoms with Gasteiger partial charge in [-0.1, -0.05) is 6.07 Å². The lowest BCUT2D eigenvalue weighted by Crippen LogP contribution is -2.18. The maximum atomic E-state index is 5.93.